The van der Waals surface area contributed by atoms with E-state index in [0.29, 0.717) is 28.5 Å². The Balaban J connectivity index is 1.88. The van der Waals surface area contributed by atoms with E-state index in [1.165, 1.54) is 11.3 Å². The first-order valence-electron chi connectivity index (χ1n) is 5.69. The number of hydrogen-bond donors (Lipinski definition) is 3. The third-order valence-corrected chi connectivity index (χ3v) is 3.28. The van der Waals surface area contributed by atoms with Crippen molar-refractivity contribution in [2.24, 2.45) is 0 Å². The molecule has 2 heterocycles. The van der Waals surface area contributed by atoms with Crippen molar-refractivity contribution in [2.75, 3.05) is 23.0 Å². The molecule has 0 bridgehead atoms. The zero-order valence-electron chi connectivity index (χ0n) is 10.2. The van der Waals surface area contributed by atoms with Crippen LogP contribution in [0.1, 0.15) is 10.5 Å². The summed E-state index contributed by atoms with van der Waals surface area (Å²) < 4.78 is 5.23. The van der Waals surface area contributed by atoms with Gasteiger partial charge in [-0.05, 0) is 6.07 Å². The van der Waals surface area contributed by atoms with E-state index in [1.807, 2.05) is 0 Å². The first-order valence-corrected chi connectivity index (χ1v) is 6.63. The van der Waals surface area contributed by atoms with Crippen LogP contribution in [0.2, 0.25) is 0 Å². The minimum Gasteiger partial charge on any atom is -0.482 e. The van der Waals surface area contributed by atoms with E-state index in [9.17, 15) is 9.59 Å². The molecule has 1 aromatic carbocycles. The summed E-state index contributed by atoms with van der Waals surface area (Å²) >= 11 is 1.33. The molecule has 0 radical (unpaired) electrons. The lowest BCUT2D eigenvalue weighted by Gasteiger charge is -2.20. The number of rotatable bonds is 2. The number of benzene rings is 1. The maximum Gasteiger partial charge on any atom is 0.275 e. The zero-order valence-corrected chi connectivity index (χ0v) is 11.0. The average Bonchev–Trinajstić information content (AvgIpc) is 2.94. The second kappa shape index (κ2) is 4.82. The molecule has 0 fully saturated rings. The Bertz CT molecular complexity index is 684. The highest BCUT2D eigenvalue weighted by atomic mass is 32.1. The normalized spacial score (nSPS) is 13.1. The number of amides is 2. The second-order valence-corrected chi connectivity index (χ2v) is 4.82. The van der Waals surface area contributed by atoms with Crippen LogP contribution in [0.3, 0.4) is 0 Å². The minimum absolute atomic E-state index is 0.0447. The Labute approximate surface area is 117 Å². The number of anilines is 3. The molecule has 7 nitrogen and oxygen atoms in total. The van der Waals surface area contributed by atoms with Crippen molar-refractivity contribution in [3.63, 3.8) is 0 Å². The van der Waals surface area contributed by atoms with Crippen molar-refractivity contribution in [3.8, 4) is 5.75 Å². The molecule has 4 N–H and O–H groups in total. The minimum atomic E-state index is -0.360. The smallest absolute Gasteiger partial charge is 0.275 e. The monoisotopic (exact) mass is 290 g/mol. The van der Waals surface area contributed by atoms with E-state index in [2.05, 4.69) is 15.6 Å². The number of ether oxygens (including phenoxy) is 1. The van der Waals surface area contributed by atoms with Crippen molar-refractivity contribution >= 4 is 40.2 Å². The van der Waals surface area contributed by atoms with Gasteiger partial charge in [0.2, 0.25) is 0 Å². The van der Waals surface area contributed by atoms with E-state index in [4.69, 9.17) is 10.5 Å². The Kier molecular flexibility index (Phi) is 2.99. The van der Waals surface area contributed by atoms with Crippen LogP contribution in [-0.2, 0) is 4.79 Å². The fourth-order valence-electron chi connectivity index (χ4n) is 1.76. The van der Waals surface area contributed by atoms with Crippen LogP contribution in [0.15, 0.2) is 23.0 Å². The first-order chi connectivity index (χ1) is 9.63. The van der Waals surface area contributed by atoms with Crippen molar-refractivity contribution in [1.82, 2.24) is 4.98 Å². The molecule has 0 saturated heterocycles. The molecule has 1 aliphatic rings. The van der Waals surface area contributed by atoms with E-state index in [0.717, 1.165) is 0 Å². The van der Waals surface area contributed by atoms with Crippen molar-refractivity contribution in [3.05, 3.63) is 28.7 Å². The third-order valence-electron chi connectivity index (χ3n) is 2.70. The largest absolute Gasteiger partial charge is 0.482 e. The Morgan fingerprint density at radius 2 is 2.35 bits per heavy atom. The summed E-state index contributed by atoms with van der Waals surface area (Å²) in [5.74, 6) is -0.131. The number of aromatic nitrogens is 1. The predicted octanol–water partition coefficient (Wildman–Crippen LogP) is 1.31. The van der Waals surface area contributed by atoms with E-state index in [-0.39, 0.29) is 18.4 Å². The van der Waals surface area contributed by atoms with Gasteiger partial charge in [-0.2, -0.15) is 0 Å². The van der Waals surface area contributed by atoms with Crippen LogP contribution < -0.4 is 21.1 Å². The molecule has 3 rings (SSSR count). The molecule has 102 valence electrons. The molecule has 0 spiro atoms. The van der Waals surface area contributed by atoms with Gasteiger partial charge in [-0.15, -0.1) is 11.3 Å². The quantitative estimate of drug-likeness (QED) is 0.723. The standard InChI is InChI=1S/C12H10N4O3S/c13-6-1-10-8(15-11(17)3-19-10)2-7(6)16-12(18)9-4-20-5-14-9/h1-2,4-5H,3,13H2,(H,15,17)(H,16,18). The molecular formula is C12H10N4O3S. The van der Waals surface area contributed by atoms with Crippen LogP contribution in [0.25, 0.3) is 0 Å². The zero-order chi connectivity index (χ0) is 14.1. The number of nitrogens with one attached hydrogen (secondary N) is 2. The van der Waals surface area contributed by atoms with Gasteiger partial charge in [0.1, 0.15) is 11.4 Å². The maximum atomic E-state index is 11.9. The molecule has 1 aliphatic heterocycles. The molecular weight excluding hydrogens is 280 g/mol. The van der Waals surface area contributed by atoms with Gasteiger partial charge in [-0.1, -0.05) is 0 Å². The summed E-state index contributed by atoms with van der Waals surface area (Å²) in [5.41, 5.74) is 8.96. The Morgan fingerprint density at radius 3 is 3.10 bits per heavy atom. The summed E-state index contributed by atoms with van der Waals surface area (Å²) in [6.07, 6.45) is 0. The maximum absolute atomic E-state index is 11.9. The van der Waals surface area contributed by atoms with Crippen molar-refractivity contribution in [1.29, 1.82) is 0 Å². The highest BCUT2D eigenvalue weighted by Gasteiger charge is 2.19. The van der Waals surface area contributed by atoms with Crippen LogP contribution in [-0.4, -0.2) is 23.4 Å². The summed E-state index contributed by atoms with van der Waals surface area (Å²) in [4.78, 5) is 27.1. The molecule has 8 heteroatoms. The van der Waals surface area contributed by atoms with Gasteiger partial charge >= 0.3 is 0 Å². The molecule has 0 saturated carbocycles. The third kappa shape index (κ3) is 2.28. The van der Waals surface area contributed by atoms with Crippen molar-refractivity contribution < 1.29 is 14.3 Å². The molecule has 0 aliphatic carbocycles. The lowest BCUT2D eigenvalue weighted by Crippen LogP contribution is -2.25. The topological polar surface area (TPSA) is 106 Å². The number of fused-ring (bicyclic) bond motifs is 1. The van der Waals surface area contributed by atoms with E-state index < -0.39 is 0 Å². The number of nitrogen functional groups attached to an aromatic ring is 1. The second-order valence-electron chi connectivity index (χ2n) is 4.10. The SMILES string of the molecule is Nc1cc2c(cc1NC(=O)c1cscn1)NC(=O)CO2. The predicted molar refractivity (Wildman–Crippen MR) is 75.0 cm³/mol. The lowest BCUT2D eigenvalue weighted by atomic mass is 10.2. The van der Waals surface area contributed by atoms with Crippen LogP contribution in [0, 0.1) is 0 Å². The molecule has 20 heavy (non-hydrogen) atoms. The fourth-order valence-corrected chi connectivity index (χ4v) is 2.29. The van der Waals surface area contributed by atoms with E-state index >= 15 is 0 Å². The number of hydrogen-bond acceptors (Lipinski definition) is 6. The first kappa shape index (κ1) is 12.4. The van der Waals surface area contributed by atoms with Gasteiger partial charge in [0, 0.05) is 11.4 Å². The Morgan fingerprint density at radius 1 is 1.50 bits per heavy atom. The van der Waals surface area contributed by atoms with Gasteiger partial charge < -0.3 is 21.1 Å². The van der Waals surface area contributed by atoms with Crippen LogP contribution in [0.5, 0.6) is 5.75 Å². The summed E-state index contributed by atoms with van der Waals surface area (Å²) in [6.45, 7) is -0.0447. The Hall–Kier alpha value is -2.61. The molecule has 2 amide bonds. The van der Waals surface area contributed by atoms with Gasteiger partial charge in [-0.25, -0.2) is 4.98 Å². The number of nitrogens with two attached hydrogens (primary N) is 1. The molecule has 0 atom stereocenters. The van der Waals surface area contributed by atoms with Gasteiger partial charge in [-0.3, -0.25) is 9.59 Å². The summed E-state index contributed by atoms with van der Waals surface area (Å²) in [6, 6.07) is 3.12. The highest BCUT2D eigenvalue weighted by molar-refractivity contribution is 7.07. The molecule has 1 aromatic heterocycles. The fraction of sp³-hybridized carbons (Fsp3) is 0.0833. The summed E-state index contributed by atoms with van der Waals surface area (Å²) in [5, 5.41) is 6.94. The van der Waals surface area contributed by atoms with Crippen LogP contribution in [0.4, 0.5) is 17.1 Å². The highest BCUT2D eigenvalue weighted by Crippen LogP contribution is 2.35. The summed E-state index contributed by atoms with van der Waals surface area (Å²) in [7, 11) is 0. The van der Waals surface area contributed by atoms with Gasteiger partial charge in [0.05, 0.1) is 22.6 Å². The van der Waals surface area contributed by atoms with E-state index in [1.54, 1.807) is 23.0 Å². The molecule has 0 unspecified atom stereocenters. The molecule has 2 aromatic rings. The number of thiazole rings is 1. The van der Waals surface area contributed by atoms with Gasteiger partial charge in [0.15, 0.2) is 6.61 Å². The van der Waals surface area contributed by atoms with Gasteiger partial charge in [0.25, 0.3) is 11.8 Å². The number of nitrogens with zero attached hydrogens (tertiary/aromatic N) is 1. The lowest BCUT2D eigenvalue weighted by molar-refractivity contribution is -0.118. The van der Waals surface area contributed by atoms with Crippen LogP contribution >= 0.6 is 11.3 Å². The number of carbonyl (C=O) groups excluding carboxylic acids is 2. The average molecular weight is 290 g/mol. The van der Waals surface area contributed by atoms with Crippen molar-refractivity contribution in [2.45, 2.75) is 0 Å². The number of carbonyl (C=O) groups is 2.